The zero-order chi connectivity index (χ0) is 21.6. The highest BCUT2D eigenvalue weighted by Crippen LogP contribution is 2.32. The minimum absolute atomic E-state index is 0.0982. The van der Waals surface area contributed by atoms with Crippen molar-refractivity contribution < 1.29 is 23.4 Å². The number of halogens is 3. The molecule has 0 unspecified atom stereocenters. The quantitative estimate of drug-likeness (QED) is 0.471. The van der Waals surface area contributed by atoms with Crippen LogP contribution in [0.1, 0.15) is 10.4 Å². The van der Waals surface area contributed by atoms with Crippen LogP contribution in [0.4, 0.5) is 14.5 Å². The summed E-state index contributed by atoms with van der Waals surface area (Å²) in [6.07, 6.45) is 1.43. The van der Waals surface area contributed by atoms with Crippen molar-refractivity contribution in [2.75, 3.05) is 5.73 Å². The van der Waals surface area contributed by atoms with Gasteiger partial charge in [0, 0.05) is 28.4 Å². The van der Waals surface area contributed by atoms with Crippen LogP contribution in [0.5, 0.6) is 5.75 Å². The number of nitrogen functional groups attached to an aromatic ring is 1. The maximum atomic E-state index is 13.2. The number of fused-ring (bicyclic) bond motifs is 2. The Hall–Kier alpha value is -3.72. The molecule has 0 fully saturated rings. The number of alkyl halides is 2. The molecule has 0 radical (unpaired) electrons. The molecule has 152 valence electrons. The van der Waals surface area contributed by atoms with Gasteiger partial charge < -0.3 is 15.6 Å². The summed E-state index contributed by atoms with van der Waals surface area (Å²) in [6.45, 7) is -3.08. The molecule has 2 aromatic carbocycles. The first kappa shape index (κ1) is 19.6. The molecule has 2 aromatic heterocycles. The zero-order valence-corrected chi connectivity index (χ0v) is 15.7. The number of carboxylic acids is 1. The fraction of sp³-hybridized carbons (Fsp3) is 0.0500. The van der Waals surface area contributed by atoms with Gasteiger partial charge in [-0.1, -0.05) is 23.7 Å². The van der Waals surface area contributed by atoms with Crippen LogP contribution in [0, 0.1) is 0 Å². The number of hydrogen-bond acceptors (Lipinski definition) is 5. The van der Waals surface area contributed by atoms with Gasteiger partial charge in [0.25, 0.3) is 5.56 Å². The first-order valence-corrected chi connectivity index (χ1v) is 8.87. The minimum atomic E-state index is -3.08. The predicted octanol–water partition coefficient (Wildman–Crippen LogP) is 4.07. The number of carboxylic acid groups (broad SMARTS) is 1. The van der Waals surface area contributed by atoms with E-state index in [1.807, 2.05) is 0 Å². The van der Waals surface area contributed by atoms with Crippen LogP contribution in [0.25, 0.3) is 27.4 Å². The van der Waals surface area contributed by atoms with Gasteiger partial charge in [0.2, 0.25) is 0 Å². The lowest BCUT2D eigenvalue weighted by Gasteiger charge is -2.17. The van der Waals surface area contributed by atoms with E-state index in [0.29, 0.717) is 10.8 Å². The van der Waals surface area contributed by atoms with Gasteiger partial charge in [-0.3, -0.25) is 9.36 Å². The smallest absolute Gasteiger partial charge is 0.387 e. The second kappa shape index (κ2) is 7.27. The summed E-state index contributed by atoms with van der Waals surface area (Å²) < 4.78 is 31.0. The van der Waals surface area contributed by atoms with Crippen molar-refractivity contribution in [1.29, 1.82) is 0 Å². The van der Waals surface area contributed by atoms with E-state index in [-0.39, 0.29) is 33.2 Å². The Morgan fingerprint density at radius 1 is 1.17 bits per heavy atom. The second-order valence-corrected chi connectivity index (χ2v) is 6.62. The van der Waals surface area contributed by atoms with Crippen molar-refractivity contribution in [2.24, 2.45) is 0 Å². The number of ether oxygens (including phenoxy) is 1. The number of aromatic nitrogens is 2. The van der Waals surface area contributed by atoms with Crippen LogP contribution in [0.3, 0.4) is 0 Å². The van der Waals surface area contributed by atoms with Gasteiger partial charge in [-0.25, -0.2) is 9.78 Å². The van der Waals surface area contributed by atoms with E-state index in [2.05, 4.69) is 9.72 Å². The highest BCUT2D eigenvalue weighted by atomic mass is 35.5. The molecule has 30 heavy (non-hydrogen) atoms. The summed E-state index contributed by atoms with van der Waals surface area (Å²) >= 11 is 6.15. The van der Waals surface area contributed by atoms with Crippen LogP contribution in [0.2, 0.25) is 5.15 Å². The van der Waals surface area contributed by atoms with Crippen molar-refractivity contribution in [2.45, 2.75) is 6.61 Å². The van der Waals surface area contributed by atoms with Crippen LogP contribution in [0.15, 0.2) is 53.5 Å². The van der Waals surface area contributed by atoms with E-state index < -0.39 is 23.7 Å². The zero-order valence-electron chi connectivity index (χ0n) is 15.0. The van der Waals surface area contributed by atoms with Crippen LogP contribution < -0.4 is 16.0 Å². The number of aromatic carboxylic acids is 1. The Morgan fingerprint density at radius 2 is 1.93 bits per heavy atom. The molecule has 0 amide bonds. The third kappa shape index (κ3) is 3.09. The molecule has 0 saturated carbocycles. The SMILES string of the molecule is Nc1c(C(=O)O)c(=O)n(-c2cccc3c(Cl)nccc23)c2cc(OC(F)F)ccc12. The Morgan fingerprint density at radius 3 is 2.63 bits per heavy atom. The molecule has 0 aliphatic rings. The maximum Gasteiger partial charge on any atom is 0.387 e. The highest BCUT2D eigenvalue weighted by Gasteiger charge is 2.23. The van der Waals surface area contributed by atoms with Crippen LogP contribution in [-0.2, 0) is 0 Å². The Kier molecular flexibility index (Phi) is 4.75. The van der Waals surface area contributed by atoms with Gasteiger partial charge in [0.15, 0.2) is 0 Å². The van der Waals surface area contributed by atoms with E-state index in [1.165, 1.54) is 24.4 Å². The van der Waals surface area contributed by atoms with Gasteiger partial charge in [-0.05, 0) is 24.3 Å². The molecule has 0 aliphatic carbocycles. The molecule has 2 heterocycles. The monoisotopic (exact) mass is 431 g/mol. The number of pyridine rings is 2. The third-order valence-electron chi connectivity index (χ3n) is 4.60. The molecule has 7 nitrogen and oxygen atoms in total. The number of carbonyl (C=O) groups is 1. The van der Waals surface area contributed by atoms with Gasteiger partial charge >= 0.3 is 12.6 Å². The normalized spacial score (nSPS) is 11.3. The molecule has 4 aromatic rings. The van der Waals surface area contributed by atoms with E-state index >= 15 is 0 Å². The van der Waals surface area contributed by atoms with Gasteiger partial charge in [-0.2, -0.15) is 8.78 Å². The fourth-order valence-corrected chi connectivity index (χ4v) is 3.59. The Labute approximate surface area is 171 Å². The van der Waals surface area contributed by atoms with E-state index in [9.17, 15) is 23.5 Å². The molecule has 0 spiro atoms. The van der Waals surface area contributed by atoms with E-state index in [4.69, 9.17) is 17.3 Å². The van der Waals surface area contributed by atoms with Gasteiger partial charge in [0.1, 0.15) is 16.5 Å². The largest absolute Gasteiger partial charge is 0.477 e. The standard InChI is InChI=1S/C20H12ClF2N3O4/c21-17-11-2-1-3-13(10(11)6-7-25-17)26-14-8-9(30-20(22)23)4-5-12(14)16(24)15(18(26)27)19(28)29/h1-8,20H,24H2,(H,28,29). The summed E-state index contributed by atoms with van der Waals surface area (Å²) in [5.41, 5.74) is 4.48. The Balaban J connectivity index is 2.19. The number of rotatable bonds is 4. The predicted molar refractivity (Wildman–Crippen MR) is 108 cm³/mol. The fourth-order valence-electron chi connectivity index (χ4n) is 3.37. The highest BCUT2D eigenvalue weighted by molar-refractivity contribution is 6.34. The number of nitrogens with zero attached hydrogens (tertiary/aromatic N) is 2. The van der Waals surface area contributed by atoms with Crippen LogP contribution in [-0.4, -0.2) is 27.2 Å². The number of anilines is 1. The van der Waals surface area contributed by atoms with Crippen molar-refractivity contribution in [3.05, 3.63) is 69.7 Å². The van der Waals surface area contributed by atoms with Gasteiger partial charge in [-0.15, -0.1) is 0 Å². The van der Waals surface area contributed by atoms with Crippen molar-refractivity contribution >= 4 is 44.9 Å². The summed E-state index contributed by atoms with van der Waals surface area (Å²) in [6, 6.07) is 10.2. The Bertz CT molecular complexity index is 1390. The molecule has 0 aliphatic heterocycles. The lowest BCUT2D eigenvalue weighted by molar-refractivity contribution is -0.0497. The summed E-state index contributed by atoms with van der Waals surface area (Å²) in [5, 5.41) is 10.9. The van der Waals surface area contributed by atoms with Crippen molar-refractivity contribution in [3.8, 4) is 11.4 Å². The lowest BCUT2D eigenvalue weighted by atomic mass is 10.1. The molecule has 10 heteroatoms. The molecule has 3 N–H and O–H groups in total. The first-order valence-electron chi connectivity index (χ1n) is 8.49. The number of nitrogens with two attached hydrogens (primary N) is 1. The number of hydrogen-bond donors (Lipinski definition) is 2. The minimum Gasteiger partial charge on any atom is -0.477 e. The molecule has 0 atom stereocenters. The molecule has 4 rings (SSSR count). The number of benzene rings is 2. The van der Waals surface area contributed by atoms with Gasteiger partial charge in [0.05, 0.1) is 16.9 Å². The maximum absolute atomic E-state index is 13.2. The molecular formula is C20H12ClF2N3O4. The average Bonchev–Trinajstić information content (AvgIpc) is 2.68. The summed E-state index contributed by atoms with van der Waals surface area (Å²) in [7, 11) is 0. The van der Waals surface area contributed by atoms with Crippen molar-refractivity contribution in [3.63, 3.8) is 0 Å². The molecular weight excluding hydrogens is 420 g/mol. The lowest BCUT2D eigenvalue weighted by Crippen LogP contribution is -2.27. The second-order valence-electron chi connectivity index (χ2n) is 6.27. The first-order chi connectivity index (χ1) is 14.3. The topological polar surface area (TPSA) is 107 Å². The molecule has 0 bridgehead atoms. The average molecular weight is 432 g/mol. The summed E-state index contributed by atoms with van der Waals surface area (Å²) in [5.74, 6) is -1.73. The van der Waals surface area contributed by atoms with E-state index in [1.54, 1.807) is 24.3 Å². The van der Waals surface area contributed by atoms with Crippen LogP contribution >= 0.6 is 11.6 Å². The third-order valence-corrected chi connectivity index (χ3v) is 4.90. The molecule has 0 saturated heterocycles. The van der Waals surface area contributed by atoms with E-state index in [0.717, 1.165) is 4.57 Å². The van der Waals surface area contributed by atoms with Crippen molar-refractivity contribution in [1.82, 2.24) is 9.55 Å². The summed E-state index contributed by atoms with van der Waals surface area (Å²) in [4.78, 5) is 28.9.